The van der Waals surface area contributed by atoms with Gasteiger partial charge >= 0.3 is 0 Å². The molecular weight excluding hydrogens is 372 g/mol. The molecule has 0 aromatic heterocycles. The van der Waals surface area contributed by atoms with Crippen LogP contribution in [0.1, 0.15) is 175 Å². The Morgan fingerprint density at radius 1 is 0.484 bits per heavy atom. The van der Waals surface area contributed by atoms with E-state index >= 15 is 0 Å². The third-order valence-corrected chi connectivity index (χ3v) is 7.21. The zero-order valence-electron chi connectivity index (χ0n) is 22.4. The highest BCUT2D eigenvalue weighted by Crippen LogP contribution is 2.23. The fourth-order valence-electron chi connectivity index (χ4n) is 5.10. The highest BCUT2D eigenvalue weighted by atomic mass is 14.1. The lowest BCUT2D eigenvalue weighted by Gasteiger charge is -2.17. The van der Waals surface area contributed by atoms with Crippen LogP contribution in [0.25, 0.3) is 0 Å². The minimum atomic E-state index is 0.939. The average molecular weight is 435 g/mol. The first-order valence-corrected chi connectivity index (χ1v) is 14.8. The quantitative estimate of drug-likeness (QED) is 0.0937. The fraction of sp³-hybridized carbons (Fsp3) is 0.935. The van der Waals surface area contributed by atoms with Gasteiger partial charge in [-0.05, 0) is 31.1 Å². The standard InChI is InChI=1S/C31H62/c1-5-7-9-11-13-15-17-18-20-22-24-26-28-31(4)29-30(3)27-25-23-21-19-16-14-12-10-8-6-2/h5,30-31H,1,6-29H2,2-4H3. The summed E-state index contributed by atoms with van der Waals surface area (Å²) < 4.78 is 0. The summed E-state index contributed by atoms with van der Waals surface area (Å²) in [5, 5.41) is 0. The van der Waals surface area contributed by atoms with Gasteiger partial charge in [-0.2, -0.15) is 0 Å². The summed E-state index contributed by atoms with van der Waals surface area (Å²) in [6.45, 7) is 11.1. The molecule has 0 heteroatoms. The molecule has 0 aliphatic carbocycles. The molecule has 0 saturated heterocycles. The molecule has 0 aromatic carbocycles. The smallest absolute Gasteiger partial charge is 0.0353 e. The molecule has 0 radical (unpaired) electrons. The monoisotopic (exact) mass is 434 g/mol. The second-order valence-electron chi connectivity index (χ2n) is 10.8. The molecule has 2 unspecified atom stereocenters. The predicted octanol–water partition coefficient (Wildman–Crippen LogP) is 11.8. The van der Waals surface area contributed by atoms with E-state index in [1.165, 1.54) is 154 Å². The van der Waals surface area contributed by atoms with Gasteiger partial charge in [0.15, 0.2) is 0 Å². The Balaban J connectivity index is 3.29. The van der Waals surface area contributed by atoms with E-state index in [9.17, 15) is 0 Å². The molecular formula is C31H62. The summed E-state index contributed by atoms with van der Waals surface area (Å²) >= 11 is 0. The highest BCUT2D eigenvalue weighted by Gasteiger charge is 2.08. The summed E-state index contributed by atoms with van der Waals surface area (Å²) in [4.78, 5) is 0. The van der Waals surface area contributed by atoms with Crippen molar-refractivity contribution in [3.63, 3.8) is 0 Å². The minimum Gasteiger partial charge on any atom is -0.103 e. The van der Waals surface area contributed by atoms with Gasteiger partial charge in [0, 0.05) is 0 Å². The van der Waals surface area contributed by atoms with E-state index in [1.807, 2.05) is 0 Å². The van der Waals surface area contributed by atoms with E-state index in [4.69, 9.17) is 0 Å². The summed E-state index contributed by atoms with van der Waals surface area (Å²) in [6.07, 6.45) is 36.7. The lowest BCUT2D eigenvalue weighted by atomic mass is 9.89. The molecule has 2 atom stereocenters. The van der Waals surface area contributed by atoms with Crippen LogP contribution in [0, 0.1) is 11.8 Å². The third kappa shape index (κ3) is 25.9. The van der Waals surface area contributed by atoms with Crippen molar-refractivity contribution in [2.75, 3.05) is 0 Å². The molecule has 0 fully saturated rings. The Bertz CT molecular complexity index is 331. The van der Waals surface area contributed by atoms with Crippen molar-refractivity contribution in [2.24, 2.45) is 11.8 Å². The van der Waals surface area contributed by atoms with Crippen LogP contribution >= 0.6 is 0 Å². The van der Waals surface area contributed by atoms with Crippen molar-refractivity contribution in [3.8, 4) is 0 Å². The second kappa shape index (κ2) is 26.0. The molecule has 0 heterocycles. The van der Waals surface area contributed by atoms with Crippen LogP contribution in [-0.2, 0) is 0 Å². The lowest BCUT2D eigenvalue weighted by molar-refractivity contribution is 0.356. The maximum atomic E-state index is 3.80. The molecule has 0 N–H and O–H groups in total. The van der Waals surface area contributed by atoms with Crippen molar-refractivity contribution in [3.05, 3.63) is 12.7 Å². The van der Waals surface area contributed by atoms with Gasteiger partial charge in [0.2, 0.25) is 0 Å². The highest BCUT2D eigenvalue weighted by molar-refractivity contribution is 4.65. The number of hydrogen-bond acceptors (Lipinski definition) is 0. The zero-order valence-corrected chi connectivity index (χ0v) is 22.4. The molecule has 0 rings (SSSR count). The van der Waals surface area contributed by atoms with Gasteiger partial charge < -0.3 is 0 Å². The minimum absolute atomic E-state index is 0.939. The van der Waals surface area contributed by atoms with Crippen LogP contribution in [0.3, 0.4) is 0 Å². The molecule has 0 aliphatic rings. The first-order valence-electron chi connectivity index (χ1n) is 14.8. The molecule has 31 heavy (non-hydrogen) atoms. The molecule has 0 bridgehead atoms. The number of rotatable bonds is 26. The second-order valence-corrected chi connectivity index (χ2v) is 10.8. The normalized spacial score (nSPS) is 13.4. The van der Waals surface area contributed by atoms with Crippen LogP contribution in [0.2, 0.25) is 0 Å². The fourth-order valence-corrected chi connectivity index (χ4v) is 5.10. The van der Waals surface area contributed by atoms with E-state index in [-0.39, 0.29) is 0 Å². The maximum Gasteiger partial charge on any atom is -0.0353 e. The van der Waals surface area contributed by atoms with Gasteiger partial charge in [-0.3, -0.25) is 0 Å². The third-order valence-electron chi connectivity index (χ3n) is 7.21. The van der Waals surface area contributed by atoms with Crippen LogP contribution in [0.15, 0.2) is 12.7 Å². The lowest BCUT2D eigenvalue weighted by Crippen LogP contribution is -2.03. The van der Waals surface area contributed by atoms with Crippen LogP contribution in [0.5, 0.6) is 0 Å². The van der Waals surface area contributed by atoms with E-state index in [0.29, 0.717) is 0 Å². The van der Waals surface area contributed by atoms with E-state index < -0.39 is 0 Å². The van der Waals surface area contributed by atoms with Gasteiger partial charge in [0.05, 0.1) is 0 Å². The van der Waals surface area contributed by atoms with Gasteiger partial charge in [0.1, 0.15) is 0 Å². The molecule has 0 aromatic rings. The summed E-state index contributed by atoms with van der Waals surface area (Å²) in [5.74, 6) is 1.88. The SMILES string of the molecule is C=CCCCCCCCCCCCCC(C)CC(C)CCCCCCCCCCCC. The Hall–Kier alpha value is -0.260. The average Bonchev–Trinajstić information content (AvgIpc) is 2.75. The molecule has 0 saturated carbocycles. The Kier molecular flexibility index (Phi) is 25.8. The van der Waals surface area contributed by atoms with Crippen molar-refractivity contribution < 1.29 is 0 Å². The van der Waals surface area contributed by atoms with Crippen LogP contribution < -0.4 is 0 Å². The summed E-state index contributed by atoms with van der Waals surface area (Å²) in [7, 11) is 0. The van der Waals surface area contributed by atoms with E-state index in [2.05, 4.69) is 33.4 Å². The topological polar surface area (TPSA) is 0 Å². The Morgan fingerprint density at radius 3 is 1.16 bits per heavy atom. The van der Waals surface area contributed by atoms with Gasteiger partial charge in [-0.1, -0.05) is 162 Å². The first-order chi connectivity index (χ1) is 15.2. The van der Waals surface area contributed by atoms with E-state index in [1.54, 1.807) is 0 Å². The van der Waals surface area contributed by atoms with Crippen LogP contribution in [0.4, 0.5) is 0 Å². The maximum absolute atomic E-state index is 3.80. The van der Waals surface area contributed by atoms with Crippen molar-refractivity contribution >= 4 is 0 Å². The molecule has 186 valence electrons. The first kappa shape index (κ1) is 30.7. The Morgan fingerprint density at radius 2 is 0.806 bits per heavy atom. The van der Waals surface area contributed by atoms with Crippen molar-refractivity contribution in [2.45, 2.75) is 175 Å². The summed E-state index contributed by atoms with van der Waals surface area (Å²) in [6, 6.07) is 0. The van der Waals surface area contributed by atoms with Crippen LogP contribution in [-0.4, -0.2) is 0 Å². The molecule has 0 spiro atoms. The van der Waals surface area contributed by atoms with Gasteiger partial charge in [-0.25, -0.2) is 0 Å². The Labute approximate surface area is 199 Å². The number of hydrogen-bond donors (Lipinski definition) is 0. The van der Waals surface area contributed by atoms with Gasteiger partial charge in [0.25, 0.3) is 0 Å². The van der Waals surface area contributed by atoms with Gasteiger partial charge in [-0.15, -0.1) is 6.58 Å². The van der Waals surface area contributed by atoms with Crippen molar-refractivity contribution in [1.29, 1.82) is 0 Å². The molecule has 0 aliphatic heterocycles. The number of unbranched alkanes of at least 4 members (excludes halogenated alkanes) is 19. The molecule has 0 nitrogen and oxygen atoms in total. The van der Waals surface area contributed by atoms with E-state index in [0.717, 1.165) is 11.8 Å². The largest absolute Gasteiger partial charge is 0.103 e. The van der Waals surface area contributed by atoms with Crippen molar-refractivity contribution in [1.82, 2.24) is 0 Å². The summed E-state index contributed by atoms with van der Waals surface area (Å²) in [5.41, 5.74) is 0. The zero-order chi connectivity index (χ0) is 22.8. The predicted molar refractivity (Wildman–Crippen MR) is 145 cm³/mol. The molecule has 0 amide bonds. The number of allylic oxidation sites excluding steroid dienone is 1.